The molecule has 0 saturated heterocycles. The van der Waals surface area contributed by atoms with Gasteiger partial charge in [0.25, 0.3) is 5.91 Å². The Kier molecular flexibility index (Phi) is 4.88. The molecule has 0 fully saturated rings. The quantitative estimate of drug-likeness (QED) is 0.849. The average molecular weight is 288 g/mol. The minimum atomic E-state index is -0.593. The van der Waals surface area contributed by atoms with E-state index in [0.717, 1.165) is 10.9 Å². The first-order valence-electron chi connectivity index (χ1n) is 6.85. The fourth-order valence-electron chi connectivity index (χ4n) is 2.30. The molecule has 1 heterocycles. The molecule has 0 aliphatic heterocycles. The standard InChI is InChI=1S/C16H20N2O3/c1-16(7-9-19,11-21-2)18-15(20)13-5-6-14-12(10-13)4-3-8-17-14/h3-6,8,10,19H,7,9,11H2,1-2H3,(H,18,20). The predicted octanol–water partition coefficient (Wildman–Crippen LogP) is 1.75. The van der Waals surface area contributed by atoms with E-state index in [4.69, 9.17) is 9.84 Å². The monoisotopic (exact) mass is 288 g/mol. The molecule has 0 saturated carbocycles. The first-order valence-corrected chi connectivity index (χ1v) is 6.85. The Morgan fingerprint density at radius 2 is 2.24 bits per heavy atom. The zero-order chi connectivity index (χ0) is 15.3. The number of ether oxygens (including phenoxy) is 1. The third kappa shape index (κ3) is 3.77. The van der Waals surface area contributed by atoms with Gasteiger partial charge in [-0.25, -0.2) is 0 Å². The number of benzene rings is 1. The maximum absolute atomic E-state index is 12.4. The maximum atomic E-state index is 12.4. The highest BCUT2D eigenvalue weighted by molar-refractivity contribution is 5.98. The molecule has 1 unspecified atom stereocenters. The smallest absolute Gasteiger partial charge is 0.251 e. The topological polar surface area (TPSA) is 71.5 Å². The molecule has 112 valence electrons. The second-order valence-corrected chi connectivity index (χ2v) is 5.33. The number of aliphatic hydroxyl groups excluding tert-OH is 1. The zero-order valence-corrected chi connectivity index (χ0v) is 12.3. The highest BCUT2D eigenvalue weighted by Gasteiger charge is 2.26. The van der Waals surface area contributed by atoms with E-state index in [0.29, 0.717) is 18.6 Å². The molecule has 1 amide bonds. The number of hydrogen-bond acceptors (Lipinski definition) is 4. The second kappa shape index (κ2) is 6.65. The first-order chi connectivity index (χ1) is 10.1. The third-order valence-corrected chi connectivity index (χ3v) is 3.41. The minimum absolute atomic E-state index is 0.0121. The summed E-state index contributed by atoms with van der Waals surface area (Å²) in [5.74, 6) is -0.186. The molecule has 0 bridgehead atoms. The summed E-state index contributed by atoms with van der Waals surface area (Å²) in [4.78, 5) is 16.6. The van der Waals surface area contributed by atoms with Crippen molar-refractivity contribution in [3.63, 3.8) is 0 Å². The second-order valence-electron chi connectivity index (χ2n) is 5.33. The fourth-order valence-corrected chi connectivity index (χ4v) is 2.30. The highest BCUT2D eigenvalue weighted by atomic mass is 16.5. The maximum Gasteiger partial charge on any atom is 0.251 e. The van der Waals surface area contributed by atoms with Crippen molar-refractivity contribution in [3.8, 4) is 0 Å². The van der Waals surface area contributed by atoms with Crippen molar-refractivity contribution in [2.75, 3.05) is 20.3 Å². The summed E-state index contributed by atoms with van der Waals surface area (Å²) in [6.45, 7) is 2.18. The lowest BCUT2D eigenvalue weighted by atomic mass is 9.98. The van der Waals surface area contributed by atoms with Crippen LogP contribution in [0.5, 0.6) is 0 Å². The number of nitrogens with zero attached hydrogens (tertiary/aromatic N) is 1. The van der Waals surface area contributed by atoms with Crippen molar-refractivity contribution < 1.29 is 14.6 Å². The molecule has 1 atom stereocenters. The van der Waals surface area contributed by atoms with E-state index in [2.05, 4.69) is 10.3 Å². The number of fused-ring (bicyclic) bond motifs is 1. The Morgan fingerprint density at radius 1 is 1.43 bits per heavy atom. The van der Waals surface area contributed by atoms with Crippen LogP contribution in [0.15, 0.2) is 36.5 Å². The Hall–Kier alpha value is -1.98. The lowest BCUT2D eigenvalue weighted by Crippen LogP contribution is -2.50. The van der Waals surface area contributed by atoms with Crippen LogP contribution in [0.4, 0.5) is 0 Å². The van der Waals surface area contributed by atoms with E-state index in [1.165, 1.54) is 0 Å². The van der Waals surface area contributed by atoms with Crippen molar-refractivity contribution in [2.24, 2.45) is 0 Å². The molecule has 0 radical (unpaired) electrons. The molecule has 21 heavy (non-hydrogen) atoms. The molecule has 0 aliphatic carbocycles. The van der Waals surface area contributed by atoms with Crippen LogP contribution < -0.4 is 5.32 Å². The van der Waals surface area contributed by atoms with Gasteiger partial charge in [0.2, 0.25) is 0 Å². The van der Waals surface area contributed by atoms with Gasteiger partial charge in [0.15, 0.2) is 0 Å². The zero-order valence-electron chi connectivity index (χ0n) is 12.3. The molecular formula is C16H20N2O3. The van der Waals surface area contributed by atoms with Gasteiger partial charge in [-0.1, -0.05) is 6.07 Å². The average Bonchev–Trinajstić information content (AvgIpc) is 2.47. The highest BCUT2D eigenvalue weighted by Crippen LogP contribution is 2.15. The van der Waals surface area contributed by atoms with Crippen LogP contribution in [0, 0.1) is 0 Å². The minimum Gasteiger partial charge on any atom is -0.396 e. The van der Waals surface area contributed by atoms with E-state index in [9.17, 15) is 4.79 Å². The van der Waals surface area contributed by atoms with Crippen molar-refractivity contribution >= 4 is 16.8 Å². The largest absolute Gasteiger partial charge is 0.396 e. The fraction of sp³-hybridized carbons (Fsp3) is 0.375. The number of rotatable bonds is 6. The van der Waals surface area contributed by atoms with Gasteiger partial charge >= 0.3 is 0 Å². The Balaban J connectivity index is 2.20. The summed E-state index contributed by atoms with van der Waals surface area (Å²) < 4.78 is 5.13. The molecule has 0 aliphatic rings. The molecular weight excluding hydrogens is 268 g/mol. The van der Waals surface area contributed by atoms with E-state index in [-0.39, 0.29) is 12.5 Å². The SMILES string of the molecule is COCC(C)(CCO)NC(=O)c1ccc2ncccc2c1. The summed E-state index contributed by atoms with van der Waals surface area (Å²) in [6, 6.07) is 9.14. The third-order valence-electron chi connectivity index (χ3n) is 3.41. The van der Waals surface area contributed by atoms with Crippen LogP contribution in [-0.4, -0.2) is 41.9 Å². The number of pyridine rings is 1. The number of aromatic nitrogens is 1. The Labute approximate surface area is 124 Å². The van der Waals surface area contributed by atoms with Gasteiger partial charge in [0.1, 0.15) is 0 Å². The van der Waals surface area contributed by atoms with Crippen molar-refractivity contribution in [3.05, 3.63) is 42.1 Å². The van der Waals surface area contributed by atoms with Crippen molar-refractivity contribution in [2.45, 2.75) is 18.9 Å². The summed E-state index contributed by atoms with van der Waals surface area (Å²) in [5.41, 5.74) is 0.824. The van der Waals surface area contributed by atoms with Crippen LogP contribution in [0.25, 0.3) is 10.9 Å². The van der Waals surface area contributed by atoms with Gasteiger partial charge in [-0.05, 0) is 37.6 Å². The molecule has 1 aromatic heterocycles. The lowest BCUT2D eigenvalue weighted by molar-refractivity contribution is 0.0726. The summed E-state index contributed by atoms with van der Waals surface area (Å²) in [5, 5.41) is 13.0. The lowest BCUT2D eigenvalue weighted by Gasteiger charge is -2.29. The first kappa shape index (κ1) is 15.4. The van der Waals surface area contributed by atoms with Crippen molar-refractivity contribution in [1.82, 2.24) is 10.3 Å². The van der Waals surface area contributed by atoms with Crippen LogP contribution in [0.3, 0.4) is 0 Å². The van der Waals surface area contributed by atoms with E-state index < -0.39 is 5.54 Å². The summed E-state index contributed by atoms with van der Waals surface area (Å²) in [6.07, 6.45) is 2.15. The van der Waals surface area contributed by atoms with Crippen LogP contribution in [-0.2, 0) is 4.74 Å². The normalized spacial score (nSPS) is 13.9. The summed E-state index contributed by atoms with van der Waals surface area (Å²) in [7, 11) is 1.57. The van der Waals surface area contributed by atoms with Crippen LogP contribution in [0.1, 0.15) is 23.7 Å². The molecule has 2 N–H and O–H groups in total. The number of nitrogens with one attached hydrogen (secondary N) is 1. The summed E-state index contributed by atoms with van der Waals surface area (Å²) >= 11 is 0. The predicted molar refractivity (Wildman–Crippen MR) is 81.2 cm³/mol. The van der Waals surface area contributed by atoms with E-state index in [1.54, 1.807) is 19.4 Å². The van der Waals surface area contributed by atoms with Gasteiger partial charge < -0.3 is 15.2 Å². The molecule has 2 rings (SSSR count). The van der Waals surface area contributed by atoms with E-state index >= 15 is 0 Å². The van der Waals surface area contributed by atoms with Gasteiger partial charge in [-0.15, -0.1) is 0 Å². The van der Waals surface area contributed by atoms with Gasteiger partial charge in [0, 0.05) is 30.9 Å². The molecule has 2 aromatic rings. The number of hydrogen-bond donors (Lipinski definition) is 2. The van der Waals surface area contributed by atoms with Gasteiger partial charge in [-0.2, -0.15) is 0 Å². The molecule has 1 aromatic carbocycles. The van der Waals surface area contributed by atoms with Crippen molar-refractivity contribution in [1.29, 1.82) is 0 Å². The van der Waals surface area contributed by atoms with Crippen LogP contribution in [0.2, 0.25) is 0 Å². The molecule has 5 heteroatoms. The van der Waals surface area contributed by atoms with Gasteiger partial charge in [0.05, 0.1) is 17.7 Å². The Bertz CT molecular complexity index is 622. The van der Waals surface area contributed by atoms with E-state index in [1.807, 2.05) is 31.2 Å². The molecule has 5 nitrogen and oxygen atoms in total. The van der Waals surface area contributed by atoms with Crippen LogP contribution >= 0.6 is 0 Å². The number of carbonyl (C=O) groups excluding carboxylic acids is 1. The molecule has 0 spiro atoms. The number of amides is 1. The Morgan fingerprint density at radius 3 is 2.95 bits per heavy atom. The number of methoxy groups -OCH3 is 1. The van der Waals surface area contributed by atoms with Gasteiger partial charge in [-0.3, -0.25) is 9.78 Å². The number of aliphatic hydroxyl groups is 1. The number of carbonyl (C=O) groups is 1.